The molecule has 1 rings (SSSR count). The molecule has 0 aromatic rings. The molecular formula is C9H12O3. The van der Waals surface area contributed by atoms with Crippen LogP contribution in [0.5, 0.6) is 0 Å². The van der Waals surface area contributed by atoms with E-state index in [-0.39, 0.29) is 29.6 Å². The molecule has 0 fully saturated rings. The largest absolute Gasteiger partial charge is 0.508 e. The first-order valence-electron chi connectivity index (χ1n) is 3.97. The molecule has 0 amide bonds. The Morgan fingerprint density at radius 3 is 2.83 bits per heavy atom. The molecule has 0 radical (unpaired) electrons. The van der Waals surface area contributed by atoms with Crippen LogP contribution < -0.4 is 0 Å². The summed E-state index contributed by atoms with van der Waals surface area (Å²) in [5.74, 6) is -0.393. The summed E-state index contributed by atoms with van der Waals surface area (Å²) in [5.41, 5.74) is 0. The van der Waals surface area contributed by atoms with E-state index in [1.54, 1.807) is 13.0 Å². The summed E-state index contributed by atoms with van der Waals surface area (Å²) >= 11 is 0. The number of carbonyl (C=O) groups is 1. The zero-order valence-electron chi connectivity index (χ0n) is 6.95. The molecule has 2 N–H and O–H groups in total. The molecule has 3 nitrogen and oxygen atoms in total. The highest BCUT2D eigenvalue weighted by molar-refractivity contribution is 5.83. The Hall–Kier alpha value is -1.25. The summed E-state index contributed by atoms with van der Waals surface area (Å²) in [7, 11) is 0. The van der Waals surface area contributed by atoms with Gasteiger partial charge in [0.25, 0.3) is 0 Å². The number of ketones is 1. The normalized spacial score (nSPS) is 22.9. The molecule has 0 aromatic carbocycles. The number of aliphatic hydroxyl groups is 2. The summed E-state index contributed by atoms with van der Waals surface area (Å²) in [6.07, 6.45) is 3.69. The molecule has 0 spiro atoms. The molecule has 3 heteroatoms. The van der Waals surface area contributed by atoms with E-state index in [9.17, 15) is 4.79 Å². The van der Waals surface area contributed by atoms with E-state index in [4.69, 9.17) is 10.2 Å². The Morgan fingerprint density at radius 2 is 2.33 bits per heavy atom. The van der Waals surface area contributed by atoms with E-state index in [0.29, 0.717) is 6.42 Å². The fourth-order valence-corrected chi connectivity index (χ4v) is 1.17. The molecule has 1 unspecified atom stereocenters. The third-order valence-corrected chi connectivity index (χ3v) is 1.96. The van der Waals surface area contributed by atoms with Crippen LogP contribution in [0.1, 0.15) is 19.8 Å². The first kappa shape index (κ1) is 8.84. The van der Waals surface area contributed by atoms with Crippen molar-refractivity contribution in [2.75, 3.05) is 0 Å². The van der Waals surface area contributed by atoms with Crippen molar-refractivity contribution in [3.63, 3.8) is 0 Å². The fraction of sp³-hybridized carbons (Fsp3) is 0.444. The van der Waals surface area contributed by atoms with Gasteiger partial charge in [0.15, 0.2) is 5.76 Å². The lowest BCUT2D eigenvalue weighted by molar-refractivity contribution is -0.121. The molecule has 1 aliphatic rings. The maximum atomic E-state index is 11.2. The van der Waals surface area contributed by atoms with Crippen molar-refractivity contribution in [2.45, 2.75) is 19.8 Å². The third-order valence-electron chi connectivity index (χ3n) is 1.96. The average molecular weight is 168 g/mol. The molecule has 66 valence electrons. The zero-order chi connectivity index (χ0) is 9.14. The van der Waals surface area contributed by atoms with E-state index >= 15 is 0 Å². The van der Waals surface area contributed by atoms with Crippen LogP contribution in [-0.2, 0) is 4.79 Å². The zero-order valence-corrected chi connectivity index (χ0v) is 6.95. The van der Waals surface area contributed by atoms with Gasteiger partial charge >= 0.3 is 0 Å². The highest BCUT2D eigenvalue weighted by Gasteiger charge is 2.20. The molecule has 0 saturated carbocycles. The van der Waals surface area contributed by atoms with Crippen LogP contribution in [0.3, 0.4) is 0 Å². The summed E-state index contributed by atoms with van der Waals surface area (Å²) in [5, 5.41) is 18.1. The minimum Gasteiger partial charge on any atom is -0.508 e. The van der Waals surface area contributed by atoms with Crippen LogP contribution in [0.25, 0.3) is 0 Å². The van der Waals surface area contributed by atoms with Crippen molar-refractivity contribution < 1.29 is 15.0 Å². The highest BCUT2D eigenvalue weighted by atomic mass is 16.3. The number of hydrogen-bond donors (Lipinski definition) is 2. The number of aliphatic hydroxyl groups excluding tert-OH is 2. The summed E-state index contributed by atoms with van der Waals surface area (Å²) in [6.45, 7) is 1.78. The van der Waals surface area contributed by atoms with Crippen LogP contribution in [0.15, 0.2) is 23.7 Å². The smallest absolute Gasteiger partial charge is 0.152 e. The van der Waals surface area contributed by atoms with Gasteiger partial charge < -0.3 is 10.2 Å². The predicted octanol–water partition coefficient (Wildman–Crippen LogP) is 1.87. The SMILES string of the molecule is CCC(=O)C1C=CC(O)=C(O)C1. The van der Waals surface area contributed by atoms with Gasteiger partial charge in [-0.25, -0.2) is 0 Å². The lowest BCUT2D eigenvalue weighted by Gasteiger charge is -2.14. The monoisotopic (exact) mass is 168 g/mol. The van der Waals surface area contributed by atoms with Crippen LogP contribution in [0, 0.1) is 5.92 Å². The molecule has 1 aliphatic carbocycles. The van der Waals surface area contributed by atoms with E-state index in [0.717, 1.165) is 0 Å². The van der Waals surface area contributed by atoms with Crippen molar-refractivity contribution in [3.8, 4) is 0 Å². The minimum atomic E-state index is -0.258. The molecule has 0 aromatic heterocycles. The van der Waals surface area contributed by atoms with E-state index < -0.39 is 0 Å². The van der Waals surface area contributed by atoms with Crippen molar-refractivity contribution in [2.24, 2.45) is 5.92 Å². The molecular weight excluding hydrogens is 156 g/mol. The molecule has 0 bridgehead atoms. The Balaban J connectivity index is 2.69. The van der Waals surface area contributed by atoms with Crippen LogP contribution in [0.2, 0.25) is 0 Å². The van der Waals surface area contributed by atoms with E-state index in [1.165, 1.54) is 6.08 Å². The lowest BCUT2D eigenvalue weighted by atomic mass is 9.93. The van der Waals surface area contributed by atoms with E-state index in [2.05, 4.69) is 0 Å². The second-order valence-corrected chi connectivity index (χ2v) is 2.82. The van der Waals surface area contributed by atoms with Crippen molar-refractivity contribution in [1.82, 2.24) is 0 Å². The molecule has 0 saturated heterocycles. The first-order valence-corrected chi connectivity index (χ1v) is 3.97. The number of hydrogen-bond acceptors (Lipinski definition) is 3. The number of allylic oxidation sites excluding steroid dienone is 3. The Morgan fingerprint density at radius 1 is 1.67 bits per heavy atom. The number of carbonyl (C=O) groups excluding carboxylic acids is 1. The van der Waals surface area contributed by atoms with Crippen molar-refractivity contribution in [1.29, 1.82) is 0 Å². The minimum absolute atomic E-state index is 0.0882. The van der Waals surface area contributed by atoms with Crippen LogP contribution >= 0.6 is 0 Å². The summed E-state index contributed by atoms with van der Waals surface area (Å²) in [6, 6.07) is 0. The number of Topliss-reactive ketones (excluding diaryl/α,β-unsaturated/α-hetero) is 1. The van der Waals surface area contributed by atoms with Gasteiger partial charge in [-0.2, -0.15) is 0 Å². The van der Waals surface area contributed by atoms with Gasteiger partial charge in [-0.05, 0) is 6.08 Å². The summed E-state index contributed by atoms with van der Waals surface area (Å²) in [4.78, 5) is 11.2. The maximum Gasteiger partial charge on any atom is 0.152 e. The second-order valence-electron chi connectivity index (χ2n) is 2.82. The van der Waals surface area contributed by atoms with Gasteiger partial charge in [-0.3, -0.25) is 4.79 Å². The lowest BCUT2D eigenvalue weighted by Crippen LogP contribution is -2.15. The third kappa shape index (κ3) is 1.67. The van der Waals surface area contributed by atoms with Crippen LogP contribution in [0.4, 0.5) is 0 Å². The quantitative estimate of drug-likeness (QED) is 0.661. The van der Waals surface area contributed by atoms with Crippen LogP contribution in [-0.4, -0.2) is 16.0 Å². The van der Waals surface area contributed by atoms with Gasteiger partial charge in [-0.15, -0.1) is 0 Å². The van der Waals surface area contributed by atoms with Crippen molar-refractivity contribution in [3.05, 3.63) is 23.7 Å². The number of rotatable bonds is 2. The molecule has 0 heterocycles. The van der Waals surface area contributed by atoms with Gasteiger partial charge in [0.1, 0.15) is 11.5 Å². The Labute approximate surface area is 71.0 Å². The molecule has 0 aliphatic heterocycles. The standard InChI is InChI=1S/C9H12O3/c1-2-7(10)6-3-4-8(11)9(12)5-6/h3-4,6,11-12H,2,5H2,1H3. The van der Waals surface area contributed by atoms with Gasteiger partial charge in [0, 0.05) is 18.8 Å². The van der Waals surface area contributed by atoms with Gasteiger partial charge in [0.05, 0.1) is 0 Å². The Bertz CT molecular complexity index is 250. The molecule has 12 heavy (non-hydrogen) atoms. The topological polar surface area (TPSA) is 57.5 Å². The predicted molar refractivity (Wildman–Crippen MR) is 44.8 cm³/mol. The van der Waals surface area contributed by atoms with E-state index in [1.807, 2.05) is 0 Å². The average Bonchev–Trinajstić information content (AvgIpc) is 2.08. The van der Waals surface area contributed by atoms with Gasteiger partial charge in [-0.1, -0.05) is 13.0 Å². The Kier molecular flexibility index (Phi) is 2.53. The highest BCUT2D eigenvalue weighted by Crippen LogP contribution is 2.21. The first-order chi connectivity index (χ1) is 5.65. The maximum absolute atomic E-state index is 11.2. The summed E-state index contributed by atoms with van der Waals surface area (Å²) < 4.78 is 0. The second kappa shape index (κ2) is 3.43. The van der Waals surface area contributed by atoms with Gasteiger partial charge in [0.2, 0.25) is 0 Å². The van der Waals surface area contributed by atoms with Crippen molar-refractivity contribution >= 4 is 5.78 Å². The fourth-order valence-electron chi connectivity index (χ4n) is 1.17. The molecule has 1 atom stereocenters.